The minimum atomic E-state index is -0.582. The number of hydrogen-bond donors (Lipinski definition) is 0. The predicted molar refractivity (Wildman–Crippen MR) is 54.9 cm³/mol. The van der Waals surface area contributed by atoms with Gasteiger partial charge in [0.1, 0.15) is 0 Å². The zero-order valence-electron chi connectivity index (χ0n) is 9.31. The lowest BCUT2D eigenvalue weighted by atomic mass is 10.2. The summed E-state index contributed by atoms with van der Waals surface area (Å²) in [6.45, 7) is 5.01. The Morgan fingerprint density at radius 2 is 1.93 bits per heavy atom. The van der Waals surface area contributed by atoms with E-state index in [1.54, 1.807) is 18.9 Å². The second-order valence-electron chi connectivity index (χ2n) is 3.90. The van der Waals surface area contributed by atoms with Crippen LogP contribution in [0.15, 0.2) is 0 Å². The third kappa shape index (κ3) is 3.51. The molecule has 5 nitrogen and oxygen atoms in total. The predicted octanol–water partition coefficient (Wildman–Crippen LogP) is 1.39. The molecule has 0 aliphatic carbocycles. The van der Waals surface area contributed by atoms with Gasteiger partial charge in [-0.15, -0.1) is 0 Å². The second-order valence-corrected chi connectivity index (χ2v) is 3.90. The number of amides is 2. The normalized spacial score (nSPS) is 17.5. The van der Waals surface area contributed by atoms with Gasteiger partial charge in [0.2, 0.25) is 6.41 Å². The molecule has 1 saturated heterocycles. The Hall–Kier alpha value is -1.10. The third-order valence-corrected chi connectivity index (χ3v) is 2.26. The molecular formula is C10H18N2O3. The lowest BCUT2D eigenvalue weighted by Crippen LogP contribution is -2.48. The molecule has 0 spiro atoms. The van der Waals surface area contributed by atoms with Gasteiger partial charge in [-0.3, -0.25) is 4.79 Å². The number of carbonyl (C=O) groups is 2. The van der Waals surface area contributed by atoms with Crippen molar-refractivity contribution >= 4 is 12.5 Å². The molecule has 0 bridgehead atoms. The first kappa shape index (κ1) is 12.0. The molecule has 1 heterocycles. The Morgan fingerprint density at radius 1 is 1.33 bits per heavy atom. The largest absolute Gasteiger partial charge is 0.445 e. The van der Waals surface area contributed by atoms with E-state index in [9.17, 15) is 9.59 Å². The van der Waals surface area contributed by atoms with Crippen LogP contribution in [0.25, 0.3) is 0 Å². The van der Waals surface area contributed by atoms with E-state index in [4.69, 9.17) is 4.74 Å². The van der Waals surface area contributed by atoms with Gasteiger partial charge in [-0.1, -0.05) is 6.42 Å². The van der Waals surface area contributed by atoms with Crippen LogP contribution in [0.5, 0.6) is 0 Å². The van der Waals surface area contributed by atoms with Crippen LogP contribution in [0.4, 0.5) is 4.79 Å². The summed E-state index contributed by atoms with van der Waals surface area (Å²) in [4.78, 5) is 22.3. The minimum Gasteiger partial charge on any atom is -0.445 e. The van der Waals surface area contributed by atoms with Gasteiger partial charge in [-0.25, -0.2) is 9.80 Å². The minimum absolute atomic E-state index is 0.204. The number of ether oxygens (including phenoxy) is 1. The molecular weight excluding hydrogens is 196 g/mol. The summed E-state index contributed by atoms with van der Waals surface area (Å²) in [5.74, 6) is 0. The van der Waals surface area contributed by atoms with Crippen molar-refractivity contribution in [3.8, 4) is 0 Å². The van der Waals surface area contributed by atoms with Gasteiger partial charge in [0.25, 0.3) is 0 Å². The van der Waals surface area contributed by atoms with Crippen molar-refractivity contribution in [3.63, 3.8) is 0 Å². The van der Waals surface area contributed by atoms with Crippen LogP contribution in [0.1, 0.15) is 33.1 Å². The molecule has 0 aromatic rings. The van der Waals surface area contributed by atoms with Crippen molar-refractivity contribution < 1.29 is 14.3 Å². The number of carbonyl (C=O) groups excluding carboxylic acids is 2. The first-order valence-corrected chi connectivity index (χ1v) is 5.35. The number of piperidine rings is 1. The van der Waals surface area contributed by atoms with E-state index >= 15 is 0 Å². The Labute approximate surface area is 89.9 Å². The summed E-state index contributed by atoms with van der Waals surface area (Å²) in [6.07, 6.45) is 2.92. The van der Waals surface area contributed by atoms with Gasteiger partial charge in [-0.05, 0) is 26.7 Å². The third-order valence-electron chi connectivity index (χ3n) is 2.26. The van der Waals surface area contributed by atoms with Crippen LogP contribution in [0.2, 0.25) is 0 Å². The number of rotatable bonds is 3. The van der Waals surface area contributed by atoms with Crippen molar-refractivity contribution in [1.29, 1.82) is 0 Å². The van der Waals surface area contributed by atoms with Gasteiger partial charge in [-0.2, -0.15) is 5.01 Å². The van der Waals surface area contributed by atoms with E-state index in [1.165, 1.54) is 0 Å². The lowest BCUT2D eigenvalue weighted by molar-refractivity contribution is -0.132. The highest BCUT2D eigenvalue weighted by molar-refractivity contribution is 5.79. The number of hydrazine groups is 1. The summed E-state index contributed by atoms with van der Waals surface area (Å²) in [5, 5.41) is 2.78. The number of hydrogen-bond acceptors (Lipinski definition) is 4. The molecule has 0 unspecified atom stereocenters. The molecule has 1 aliphatic heterocycles. The average Bonchev–Trinajstić information content (AvgIpc) is 2.19. The van der Waals surface area contributed by atoms with Crippen molar-refractivity contribution in [2.75, 3.05) is 13.1 Å². The molecule has 0 aromatic heterocycles. The van der Waals surface area contributed by atoms with Crippen molar-refractivity contribution in [2.45, 2.75) is 39.2 Å². The maximum absolute atomic E-state index is 11.5. The van der Waals surface area contributed by atoms with Crippen molar-refractivity contribution in [2.24, 2.45) is 0 Å². The fraction of sp³-hybridized carbons (Fsp3) is 0.800. The summed E-state index contributed by atoms with van der Waals surface area (Å²) >= 11 is 0. The zero-order valence-corrected chi connectivity index (χ0v) is 9.31. The second kappa shape index (κ2) is 5.70. The van der Waals surface area contributed by atoms with Gasteiger partial charge in [0.05, 0.1) is 6.10 Å². The Balaban J connectivity index is 2.52. The Kier molecular flexibility index (Phi) is 4.55. The SMILES string of the molecule is CC(C)OC(=O)N(C=O)N1CCCCC1. The molecule has 86 valence electrons. The molecule has 0 radical (unpaired) electrons. The maximum atomic E-state index is 11.5. The van der Waals surface area contributed by atoms with Crippen molar-refractivity contribution in [3.05, 3.63) is 0 Å². The van der Waals surface area contributed by atoms with Crippen molar-refractivity contribution in [1.82, 2.24) is 10.0 Å². The maximum Gasteiger partial charge on any atom is 0.431 e. The fourth-order valence-corrected chi connectivity index (χ4v) is 1.57. The van der Waals surface area contributed by atoms with Crippen LogP contribution in [-0.4, -0.2) is 41.7 Å². The average molecular weight is 214 g/mol. The Morgan fingerprint density at radius 3 is 2.40 bits per heavy atom. The molecule has 1 aliphatic rings. The standard InChI is InChI=1S/C10H18N2O3/c1-9(2)15-10(14)12(8-13)11-6-4-3-5-7-11/h8-9H,3-7H2,1-2H3. The van der Waals surface area contributed by atoms with E-state index in [0.717, 1.165) is 37.4 Å². The van der Waals surface area contributed by atoms with Crippen LogP contribution in [-0.2, 0) is 9.53 Å². The molecule has 0 atom stereocenters. The van der Waals surface area contributed by atoms with E-state index in [0.29, 0.717) is 6.41 Å². The van der Waals surface area contributed by atoms with E-state index in [2.05, 4.69) is 0 Å². The zero-order chi connectivity index (χ0) is 11.3. The lowest BCUT2D eigenvalue weighted by Gasteiger charge is -2.32. The summed E-state index contributed by atoms with van der Waals surface area (Å²) < 4.78 is 4.97. The molecule has 0 saturated carbocycles. The van der Waals surface area contributed by atoms with Gasteiger partial charge < -0.3 is 4.74 Å². The topological polar surface area (TPSA) is 49.9 Å². The van der Waals surface area contributed by atoms with Crippen LogP contribution in [0, 0.1) is 0 Å². The fourth-order valence-electron chi connectivity index (χ4n) is 1.57. The quantitative estimate of drug-likeness (QED) is 0.666. The number of nitrogens with zero attached hydrogens (tertiary/aromatic N) is 2. The molecule has 15 heavy (non-hydrogen) atoms. The molecule has 5 heteroatoms. The summed E-state index contributed by atoms with van der Waals surface area (Å²) in [5.41, 5.74) is 0. The molecule has 2 amide bonds. The van der Waals surface area contributed by atoms with Gasteiger partial charge >= 0.3 is 6.09 Å². The number of imide groups is 1. The molecule has 1 fully saturated rings. The first-order chi connectivity index (χ1) is 7.15. The van der Waals surface area contributed by atoms with E-state index in [1.807, 2.05) is 0 Å². The molecule has 0 aromatic carbocycles. The van der Waals surface area contributed by atoms with Gasteiger partial charge in [0, 0.05) is 13.1 Å². The smallest absolute Gasteiger partial charge is 0.431 e. The van der Waals surface area contributed by atoms with E-state index in [-0.39, 0.29) is 6.10 Å². The first-order valence-electron chi connectivity index (χ1n) is 5.35. The molecule has 1 rings (SSSR count). The summed E-state index contributed by atoms with van der Waals surface area (Å²) in [6, 6.07) is 0. The molecule has 0 N–H and O–H groups in total. The van der Waals surface area contributed by atoms with Crippen LogP contribution in [0.3, 0.4) is 0 Å². The van der Waals surface area contributed by atoms with Crippen LogP contribution < -0.4 is 0 Å². The highest BCUT2D eigenvalue weighted by atomic mass is 16.6. The monoisotopic (exact) mass is 214 g/mol. The Bertz CT molecular complexity index is 225. The van der Waals surface area contributed by atoms with E-state index < -0.39 is 6.09 Å². The highest BCUT2D eigenvalue weighted by Gasteiger charge is 2.24. The van der Waals surface area contributed by atoms with Gasteiger partial charge in [0.15, 0.2) is 0 Å². The van der Waals surface area contributed by atoms with Crippen LogP contribution >= 0.6 is 0 Å². The highest BCUT2D eigenvalue weighted by Crippen LogP contribution is 2.11. The summed E-state index contributed by atoms with van der Waals surface area (Å²) in [7, 11) is 0.